The molecule has 12 nitrogen and oxygen atoms in total. The van der Waals surface area contributed by atoms with E-state index in [2.05, 4.69) is 36.7 Å². The van der Waals surface area contributed by atoms with E-state index in [-0.39, 0.29) is 23.0 Å². The Hall–Kier alpha value is -3.18. The normalized spacial score (nSPS) is 27.3. The zero-order valence-corrected chi connectivity index (χ0v) is 23.1. The minimum Gasteiger partial charge on any atom is -0.481 e. The fraction of sp³-hybridized carbons (Fsp3) is 0.769. The van der Waals surface area contributed by atoms with Gasteiger partial charge in [0.25, 0.3) is 5.91 Å². The first-order chi connectivity index (χ1) is 17.7. The Morgan fingerprint density at radius 2 is 1.68 bits per heavy atom. The summed E-state index contributed by atoms with van der Waals surface area (Å²) in [5, 5.41) is 18.6. The summed E-state index contributed by atoms with van der Waals surface area (Å²) in [4.78, 5) is 77.4. The molecular formula is C26H43N5O7. The van der Waals surface area contributed by atoms with Gasteiger partial charge in [-0.15, -0.1) is 0 Å². The van der Waals surface area contributed by atoms with Crippen molar-refractivity contribution in [1.29, 1.82) is 0 Å². The van der Waals surface area contributed by atoms with Gasteiger partial charge in [0.15, 0.2) is 5.78 Å². The molecule has 214 valence electrons. The third-order valence-electron chi connectivity index (χ3n) is 7.30. The predicted molar refractivity (Wildman–Crippen MR) is 139 cm³/mol. The van der Waals surface area contributed by atoms with E-state index in [1.165, 1.54) is 0 Å². The molecule has 5 N–H and O–H groups in total. The largest absolute Gasteiger partial charge is 0.481 e. The maximum Gasteiger partial charge on any atom is 0.322 e. The number of imide groups is 1. The van der Waals surface area contributed by atoms with Crippen LogP contribution in [0.3, 0.4) is 0 Å². The summed E-state index contributed by atoms with van der Waals surface area (Å²) in [6.45, 7) is 10.4. The molecule has 0 spiro atoms. The molecule has 0 aromatic rings. The third-order valence-corrected chi connectivity index (χ3v) is 7.30. The Bertz CT molecular complexity index is 914. The van der Waals surface area contributed by atoms with E-state index in [9.17, 15) is 33.9 Å². The molecule has 2 saturated heterocycles. The first-order valence-electron chi connectivity index (χ1n) is 13.4. The summed E-state index contributed by atoms with van der Waals surface area (Å²) in [5.74, 6) is -3.03. The molecule has 12 heteroatoms. The molecule has 1 unspecified atom stereocenters. The molecule has 2 aliphatic heterocycles. The molecule has 4 atom stereocenters. The number of carbonyl (C=O) groups is 6. The van der Waals surface area contributed by atoms with E-state index in [0.717, 1.165) is 12.8 Å². The fourth-order valence-corrected chi connectivity index (χ4v) is 4.96. The topological polar surface area (TPSA) is 174 Å². The van der Waals surface area contributed by atoms with Crippen LogP contribution in [0, 0.1) is 17.3 Å². The molecule has 2 aliphatic rings. The zero-order valence-electron chi connectivity index (χ0n) is 23.1. The van der Waals surface area contributed by atoms with Crippen LogP contribution in [0.25, 0.3) is 0 Å². The number of nitrogens with zero attached hydrogens (tertiary/aromatic N) is 1. The van der Waals surface area contributed by atoms with E-state index >= 15 is 0 Å². The molecule has 6 amide bonds. The Labute approximate surface area is 224 Å². The molecule has 2 fully saturated rings. The van der Waals surface area contributed by atoms with Gasteiger partial charge < -0.3 is 26.0 Å². The van der Waals surface area contributed by atoms with Crippen molar-refractivity contribution in [2.24, 2.45) is 17.3 Å². The maximum atomic E-state index is 13.5. The van der Waals surface area contributed by atoms with Crippen molar-refractivity contribution in [2.45, 2.75) is 97.7 Å². The van der Waals surface area contributed by atoms with Crippen LogP contribution in [0.1, 0.15) is 79.6 Å². The first kappa shape index (κ1) is 31.0. The molecule has 0 aromatic carbocycles. The Kier molecular flexibility index (Phi) is 11.1. The van der Waals surface area contributed by atoms with Gasteiger partial charge in [-0.3, -0.25) is 24.5 Å². The van der Waals surface area contributed by atoms with Crippen molar-refractivity contribution in [1.82, 2.24) is 26.2 Å². The van der Waals surface area contributed by atoms with E-state index in [1.807, 2.05) is 5.32 Å². The van der Waals surface area contributed by atoms with E-state index in [1.54, 1.807) is 18.7 Å². The van der Waals surface area contributed by atoms with Gasteiger partial charge in [-0.05, 0) is 42.9 Å². The van der Waals surface area contributed by atoms with Crippen molar-refractivity contribution in [2.75, 3.05) is 13.1 Å². The number of amides is 6. The second kappa shape index (κ2) is 13.6. The lowest BCUT2D eigenvalue weighted by Gasteiger charge is -2.34. The lowest BCUT2D eigenvalue weighted by molar-refractivity contribution is -0.140. The number of Topliss-reactive ketones (excluding diaryl/α,β-unsaturated/α-hetero) is 1. The van der Waals surface area contributed by atoms with Crippen LogP contribution in [0.5, 0.6) is 0 Å². The number of carbonyl (C=O) groups excluding carboxylic acids is 5. The lowest BCUT2D eigenvalue weighted by Crippen LogP contribution is -2.58. The van der Waals surface area contributed by atoms with E-state index < -0.39 is 54.4 Å². The van der Waals surface area contributed by atoms with Crippen LogP contribution >= 0.6 is 0 Å². The van der Waals surface area contributed by atoms with Crippen LogP contribution in [-0.2, 0) is 19.2 Å². The van der Waals surface area contributed by atoms with Crippen molar-refractivity contribution in [3.63, 3.8) is 0 Å². The van der Waals surface area contributed by atoms with Gasteiger partial charge in [0.2, 0.25) is 5.91 Å². The van der Waals surface area contributed by atoms with Gasteiger partial charge in [-0.1, -0.05) is 41.0 Å². The number of urea groups is 2. The van der Waals surface area contributed by atoms with Gasteiger partial charge in [0.1, 0.15) is 12.1 Å². The van der Waals surface area contributed by atoms with Crippen LogP contribution in [-0.4, -0.2) is 76.9 Å². The van der Waals surface area contributed by atoms with Crippen molar-refractivity contribution in [3.05, 3.63) is 0 Å². The molecule has 38 heavy (non-hydrogen) atoms. The van der Waals surface area contributed by atoms with Gasteiger partial charge in [-0.25, -0.2) is 9.59 Å². The van der Waals surface area contributed by atoms with Crippen molar-refractivity contribution >= 4 is 35.6 Å². The lowest BCUT2D eigenvalue weighted by atomic mass is 9.74. The number of rotatable bonds is 3. The van der Waals surface area contributed by atoms with Gasteiger partial charge in [0, 0.05) is 19.5 Å². The quantitative estimate of drug-likeness (QED) is 0.365. The molecule has 2 rings (SSSR count). The molecular weight excluding hydrogens is 494 g/mol. The number of hydrogen-bond acceptors (Lipinski definition) is 6. The molecule has 2 heterocycles. The monoisotopic (exact) mass is 537 g/mol. The minimum absolute atomic E-state index is 0.00448. The van der Waals surface area contributed by atoms with Gasteiger partial charge in [0.05, 0.1) is 12.5 Å². The molecule has 0 aliphatic carbocycles. The molecule has 0 saturated carbocycles. The number of aliphatic carboxylic acids is 1. The maximum absolute atomic E-state index is 13.5. The smallest absolute Gasteiger partial charge is 0.322 e. The highest BCUT2D eigenvalue weighted by molar-refractivity contribution is 6.01. The molecule has 0 aromatic heterocycles. The number of ketones is 1. The highest BCUT2D eigenvalue weighted by atomic mass is 16.4. The summed E-state index contributed by atoms with van der Waals surface area (Å²) < 4.78 is 0. The third kappa shape index (κ3) is 8.98. The number of hydrogen-bond donors (Lipinski definition) is 5. The Morgan fingerprint density at radius 1 is 1.00 bits per heavy atom. The summed E-state index contributed by atoms with van der Waals surface area (Å²) in [6.07, 6.45) is 2.97. The standard InChI is InChI=1S/C26H43N5O7/c1-15(2)21-23(36)31-12-8-10-18(31)19(32)13-16(26(3,4)5)9-6-7-11-27-24(37)28-17(14-20(33)34)22(35)30-25(38)29-21/h15-18,21H,6-14H2,1-5H3,(H,33,34)(H2,27,28,37)(H2,29,30,35,38)/t16?,17-,18-,21-/m0/s1. The Morgan fingerprint density at radius 3 is 2.29 bits per heavy atom. The van der Waals surface area contributed by atoms with Gasteiger partial charge in [-0.2, -0.15) is 0 Å². The van der Waals surface area contributed by atoms with Gasteiger partial charge >= 0.3 is 18.0 Å². The second-order valence-corrected chi connectivity index (χ2v) is 11.7. The number of nitrogens with one attached hydrogen (secondary N) is 4. The SMILES string of the molecule is CC(C)[C@@H]1NC(=O)NC(=O)[C@H](CC(=O)O)NC(=O)NCCCCC(C(C)(C)C)CC(=O)[C@@H]2CCCN2C1=O. The average Bonchev–Trinajstić information content (AvgIpc) is 3.29. The summed E-state index contributed by atoms with van der Waals surface area (Å²) in [7, 11) is 0. The zero-order chi connectivity index (χ0) is 28.6. The highest BCUT2D eigenvalue weighted by Crippen LogP contribution is 2.35. The van der Waals surface area contributed by atoms with Crippen LogP contribution in [0.4, 0.5) is 9.59 Å². The number of fused-ring (bicyclic) bond motifs is 1. The van der Waals surface area contributed by atoms with E-state index in [4.69, 9.17) is 0 Å². The molecule has 0 bridgehead atoms. The second-order valence-electron chi connectivity index (χ2n) is 11.7. The van der Waals surface area contributed by atoms with E-state index in [0.29, 0.717) is 38.8 Å². The molecule has 0 radical (unpaired) electrons. The summed E-state index contributed by atoms with van der Waals surface area (Å²) in [6, 6.07) is -4.80. The fourth-order valence-electron chi connectivity index (χ4n) is 4.96. The predicted octanol–water partition coefficient (Wildman–Crippen LogP) is 1.78. The van der Waals surface area contributed by atoms with Crippen LogP contribution < -0.4 is 21.3 Å². The average molecular weight is 538 g/mol. The van der Waals surface area contributed by atoms with Crippen molar-refractivity contribution < 1.29 is 33.9 Å². The summed E-state index contributed by atoms with van der Waals surface area (Å²) in [5.41, 5.74) is -0.142. The first-order valence-corrected chi connectivity index (χ1v) is 13.4. The van der Waals surface area contributed by atoms with Crippen LogP contribution in [0.15, 0.2) is 0 Å². The summed E-state index contributed by atoms with van der Waals surface area (Å²) >= 11 is 0. The number of carboxylic acid groups (broad SMARTS) is 1. The number of carboxylic acids is 1. The van der Waals surface area contributed by atoms with Crippen molar-refractivity contribution in [3.8, 4) is 0 Å². The highest BCUT2D eigenvalue weighted by Gasteiger charge is 2.40. The Balaban J connectivity index is 2.33. The minimum atomic E-state index is -1.50. The van der Waals surface area contributed by atoms with Crippen LogP contribution in [0.2, 0.25) is 0 Å².